The number of piperidine rings is 1. The van der Waals surface area contributed by atoms with E-state index < -0.39 is 0 Å². The maximum atomic E-state index is 11.8. The SMILES string of the molecule is C=C1C=CN=C1c1cccc(CN2CCC(CC3Cc4ccccc4C(Cc4ccc(C(C)=O)cc4)=C(C)C3C)CC2)c1. The van der Waals surface area contributed by atoms with Crippen molar-refractivity contribution < 1.29 is 4.79 Å². The van der Waals surface area contributed by atoms with E-state index in [1.807, 2.05) is 24.4 Å². The van der Waals surface area contributed by atoms with E-state index in [1.54, 1.807) is 6.92 Å². The first kappa shape index (κ1) is 29.3. The second-order valence-corrected chi connectivity index (χ2v) is 13.0. The summed E-state index contributed by atoms with van der Waals surface area (Å²) in [6.07, 6.45) is 9.73. The number of hydrogen-bond acceptors (Lipinski definition) is 3. The molecule has 3 aromatic carbocycles. The minimum atomic E-state index is 0.123. The van der Waals surface area contributed by atoms with Gasteiger partial charge in [-0.05, 0) is 122 Å². The first-order valence-electron chi connectivity index (χ1n) is 16.0. The summed E-state index contributed by atoms with van der Waals surface area (Å²) in [4.78, 5) is 18.9. The Morgan fingerprint density at radius 3 is 2.47 bits per heavy atom. The highest BCUT2D eigenvalue weighted by atomic mass is 16.1. The molecule has 3 nitrogen and oxygen atoms in total. The van der Waals surface area contributed by atoms with Crippen LogP contribution in [0, 0.1) is 17.8 Å². The Balaban J connectivity index is 1.11. The quantitative estimate of drug-likeness (QED) is 0.254. The molecule has 6 rings (SSSR count). The number of aliphatic imine (C=N–C) groups is 1. The predicted molar refractivity (Wildman–Crippen MR) is 179 cm³/mol. The summed E-state index contributed by atoms with van der Waals surface area (Å²) in [7, 11) is 0. The van der Waals surface area contributed by atoms with Crippen LogP contribution in [-0.4, -0.2) is 29.5 Å². The van der Waals surface area contributed by atoms with Gasteiger partial charge in [0.25, 0.3) is 0 Å². The van der Waals surface area contributed by atoms with Crippen LogP contribution in [0.4, 0.5) is 0 Å². The normalized spacial score (nSPS) is 21.1. The number of nitrogens with zero attached hydrogens (tertiary/aromatic N) is 2. The molecular weight excluding hydrogens is 524 g/mol. The standard InChI is InChI=1S/C40H44N2O/c1-27-16-19-41-40(27)36-10-7-8-33(23-36)26-42-20-17-32(18-21-42)22-37-25-35-9-5-6-11-38(35)39(29(3)28(37)2)24-31-12-14-34(15-13-31)30(4)43/h5-16,19,23,28,32,37H,1,17-18,20-22,24-26H2,2-4H3. The molecule has 1 saturated heterocycles. The van der Waals surface area contributed by atoms with E-state index in [0.29, 0.717) is 11.8 Å². The van der Waals surface area contributed by atoms with Gasteiger partial charge in [-0.1, -0.05) is 85.8 Å². The lowest BCUT2D eigenvalue weighted by Gasteiger charge is -2.35. The molecule has 0 aromatic heterocycles. The summed E-state index contributed by atoms with van der Waals surface area (Å²) in [5.74, 6) is 2.10. The Morgan fingerprint density at radius 1 is 0.977 bits per heavy atom. The monoisotopic (exact) mass is 568 g/mol. The molecule has 0 bridgehead atoms. The number of fused-ring (bicyclic) bond motifs is 1. The van der Waals surface area contributed by atoms with E-state index in [2.05, 4.69) is 91.0 Å². The lowest BCUT2D eigenvalue weighted by Crippen LogP contribution is -2.34. The van der Waals surface area contributed by atoms with Crippen LogP contribution in [0.5, 0.6) is 0 Å². The van der Waals surface area contributed by atoms with Crippen LogP contribution in [0.2, 0.25) is 0 Å². The minimum Gasteiger partial charge on any atom is -0.299 e. The van der Waals surface area contributed by atoms with E-state index in [-0.39, 0.29) is 5.78 Å². The molecule has 220 valence electrons. The maximum Gasteiger partial charge on any atom is 0.159 e. The number of hydrogen-bond donors (Lipinski definition) is 0. The zero-order valence-electron chi connectivity index (χ0n) is 26.0. The Labute approximate surface area is 257 Å². The van der Waals surface area contributed by atoms with Crippen molar-refractivity contribution in [3.05, 3.63) is 136 Å². The molecule has 2 unspecified atom stereocenters. The number of Topliss-reactive ketones (excluding diaryl/α,β-unsaturated/α-hetero) is 1. The molecule has 3 aromatic rings. The molecule has 2 heterocycles. The third kappa shape index (κ3) is 6.58. The van der Waals surface area contributed by atoms with Crippen molar-refractivity contribution in [2.45, 2.75) is 59.4 Å². The van der Waals surface area contributed by atoms with Gasteiger partial charge < -0.3 is 0 Å². The summed E-state index contributed by atoms with van der Waals surface area (Å²) in [6.45, 7) is 13.9. The largest absolute Gasteiger partial charge is 0.299 e. The molecule has 0 amide bonds. The van der Waals surface area contributed by atoms with Crippen molar-refractivity contribution in [2.75, 3.05) is 13.1 Å². The minimum absolute atomic E-state index is 0.123. The number of allylic oxidation sites excluding steroid dienone is 4. The van der Waals surface area contributed by atoms with Crippen LogP contribution in [0.25, 0.3) is 5.57 Å². The van der Waals surface area contributed by atoms with Crippen molar-refractivity contribution in [1.29, 1.82) is 0 Å². The predicted octanol–water partition coefficient (Wildman–Crippen LogP) is 8.89. The lowest BCUT2D eigenvalue weighted by molar-refractivity contribution is 0.101. The van der Waals surface area contributed by atoms with E-state index >= 15 is 0 Å². The van der Waals surface area contributed by atoms with Crippen molar-refractivity contribution in [2.24, 2.45) is 22.7 Å². The first-order chi connectivity index (χ1) is 20.9. The molecule has 3 aliphatic rings. The first-order valence-corrected chi connectivity index (χ1v) is 16.0. The third-order valence-electron chi connectivity index (χ3n) is 10.2. The van der Waals surface area contributed by atoms with Crippen LogP contribution < -0.4 is 0 Å². The second-order valence-electron chi connectivity index (χ2n) is 13.0. The van der Waals surface area contributed by atoms with Crippen LogP contribution in [0.1, 0.15) is 78.2 Å². The van der Waals surface area contributed by atoms with Gasteiger partial charge in [-0.15, -0.1) is 0 Å². The summed E-state index contributed by atoms with van der Waals surface area (Å²) in [5, 5.41) is 0. The molecule has 43 heavy (non-hydrogen) atoms. The van der Waals surface area contributed by atoms with Gasteiger partial charge in [-0.25, -0.2) is 0 Å². The van der Waals surface area contributed by atoms with E-state index in [0.717, 1.165) is 55.2 Å². The molecule has 1 aliphatic carbocycles. The molecule has 1 fully saturated rings. The zero-order chi connectivity index (χ0) is 29.9. The Bertz CT molecular complexity index is 1600. The molecule has 2 aliphatic heterocycles. The van der Waals surface area contributed by atoms with E-state index in [1.165, 1.54) is 58.2 Å². The Kier molecular flexibility index (Phi) is 8.72. The fourth-order valence-corrected chi connectivity index (χ4v) is 7.38. The summed E-state index contributed by atoms with van der Waals surface area (Å²) in [6, 6.07) is 26.1. The molecule has 0 N–H and O–H groups in total. The van der Waals surface area contributed by atoms with Gasteiger partial charge in [-0.3, -0.25) is 14.7 Å². The molecular formula is C40H44N2O. The average Bonchev–Trinajstić information content (AvgIpc) is 3.43. The van der Waals surface area contributed by atoms with Crippen molar-refractivity contribution in [3.8, 4) is 0 Å². The van der Waals surface area contributed by atoms with E-state index in [4.69, 9.17) is 0 Å². The summed E-state index contributed by atoms with van der Waals surface area (Å²) < 4.78 is 0. The van der Waals surface area contributed by atoms with E-state index in [9.17, 15) is 4.79 Å². The number of carbonyl (C=O) groups excluding carboxylic acids is 1. The number of ketones is 1. The smallest absolute Gasteiger partial charge is 0.159 e. The second kappa shape index (κ2) is 12.8. The van der Waals surface area contributed by atoms with Gasteiger partial charge in [0.1, 0.15) is 0 Å². The summed E-state index contributed by atoms with van der Waals surface area (Å²) >= 11 is 0. The van der Waals surface area contributed by atoms with Crippen molar-refractivity contribution >= 4 is 17.1 Å². The van der Waals surface area contributed by atoms with Gasteiger partial charge in [-0.2, -0.15) is 0 Å². The fourth-order valence-electron chi connectivity index (χ4n) is 7.38. The molecule has 3 heteroatoms. The highest BCUT2D eigenvalue weighted by Crippen LogP contribution is 2.41. The average molecular weight is 569 g/mol. The number of rotatable bonds is 8. The van der Waals surface area contributed by atoms with Crippen LogP contribution >= 0.6 is 0 Å². The third-order valence-corrected chi connectivity index (χ3v) is 10.2. The van der Waals surface area contributed by atoms with Crippen LogP contribution in [-0.2, 0) is 19.4 Å². The number of carbonyl (C=O) groups is 1. The van der Waals surface area contributed by atoms with Gasteiger partial charge in [0.15, 0.2) is 5.78 Å². The van der Waals surface area contributed by atoms with Gasteiger partial charge in [0.05, 0.1) is 5.71 Å². The molecule has 0 radical (unpaired) electrons. The number of likely N-dealkylation sites (tertiary alicyclic amines) is 1. The van der Waals surface area contributed by atoms with Crippen molar-refractivity contribution in [3.63, 3.8) is 0 Å². The summed E-state index contributed by atoms with van der Waals surface area (Å²) in [5.41, 5.74) is 12.5. The lowest BCUT2D eigenvalue weighted by atomic mass is 9.77. The molecule has 2 atom stereocenters. The zero-order valence-corrected chi connectivity index (χ0v) is 26.0. The van der Waals surface area contributed by atoms with Crippen LogP contribution in [0.15, 0.2) is 108 Å². The molecule has 0 saturated carbocycles. The van der Waals surface area contributed by atoms with Gasteiger partial charge in [0.2, 0.25) is 0 Å². The fraction of sp³-hybridized carbons (Fsp3) is 0.350. The Morgan fingerprint density at radius 2 is 1.74 bits per heavy atom. The van der Waals surface area contributed by atoms with Gasteiger partial charge >= 0.3 is 0 Å². The van der Waals surface area contributed by atoms with Crippen molar-refractivity contribution in [1.82, 2.24) is 4.90 Å². The topological polar surface area (TPSA) is 32.7 Å². The Hall–Kier alpha value is -3.82. The van der Waals surface area contributed by atoms with Gasteiger partial charge in [0, 0.05) is 23.9 Å². The van der Waals surface area contributed by atoms with Crippen LogP contribution in [0.3, 0.4) is 0 Å². The number of benzene rings is 3. The maximum absolute atomic E-state index is 11.8. The molecule has 0 spiro atoms. The highest BCUT2D eigenvalue weighted by molar-refractivity contribution is 6.15. The highest BCUT2D eigenvalue weighted by Gasteiger charge is 2.30.